The number of nitrogens with one attached hydrogen (secondary N) is 1. The molecule has 0 saturated heterocycles. The van der Waals surface area contributed by atoms with Gasteiger partial charge in [0.1, 0.15) is 0 Å². The molecular weight excluding hydrogens is 268 g/mol. The van der Waals surface area contributed by atoms with Gasteiger partial charge >= 0.3 is 0 Å². The lowest BCUT2D eigenvalue weighted by Gasteiger charge is -2.15. The van der Waals surface area contributed by atoms with Gasteiger partial charge in [0.25, 0.3) is 0 Å². The fourth-order valence-electron chi connectivity index (χ4n) is 1.33. The van der Waals surface area contributed by atoms with Crippen LogP contribution in [0.3, 0.4) is 0 Å². The normalized spacial score (nSPS) is 12.5. The lowest BCUT2D eigenvalue weighted by Crippen LogP contribution is -2.33. The topological polar surface area (TPSA) is 55.1 Å². The van der Waals surface area contributed by atoms with Gasteiger partial charge in [-0.1, -0.05) is 31.5 Å². The van der Waals surface area contributed by atoms with Crippen molar-refractivity contribution in [3.63, 3.8) is 0 Å². The Morgan fingerprint density at radius 2 is 2.11 bits per heavy atom. The third-order valence-corrected chi connectivity index (χ3v) is 4.03. The Morgan fingerprint density at radius 1 is 1.44 bits per heavy atom. The van der Waals surface area contributed by atoms with E-state index in [9.17, 15) is 4.79 Å². The van der Waals surface area contributed by atoms with Crippen molar-refractivity contribution in [1.29, 1.82) is 0 Å². The minimum Gasteiger partial charge on any atom is -0.398 e. The number of carbonyl (C=O) groups excluding carboxylic acids is 1. The van der Waals surface area contributed by atoms with Gasteiger partial charge in [-0.25, -0.2) is 0 Å². The summed E-state index contributed by atoms with van der Waals surface area (Å²) < 4.78 is 0. The molecule has 18 heavy (non-hydrogen) atoms. The Bertz CT molecular complexity index is 403. The molecule has 0 spiro atoms. The third-order valence-electron chi connectivity index (χ3n) is 2.35. The van der Waals surface area contributed by atoms with E-state index in [1.54, 1.807) is 18.2 Å². The molecule has 0 fully saturated rings. The van der Waals surface area contributed by atoms with Crippen LogP contribution in [0.2, 0.25) is 5.02 Å². The maximum Gasteiger partial charge on any atom is 0.233 e. The van der Waals surface area contributed by atoms with E-state index in [0.717, 1.165) is 4.90 Å². The first-order valence-electron chi connectivity index (χ1n) is 5.90. The zero-order chi connectivity index (χ0) is 13.7. The number of carbonyl (C=O) groups is 1. The maximum atomic E-state index is 11.9. The number of hydrogen-bond donors (Lipinski definition) is 2. The molecule has 100 valence electrons. The van der Waals surface area contributed by atoms with Crippen LogP contribution in [0.1, 0.15) is 20.8 Å². The minimum absolute atomic E-state index is 0.00743. The van der Waals surface area contributed by atoms with Crippen molar-refractivity contribution >= 4 is 35.0 Å². The van der Waals surface area contributed by atoms with Crippen molar-refractivity contribution in [3.05, 3.63) is 23.2 Å². The first-order valence-corrected chi connectivity index (χ1v) is 7.16. The van der Waals surface area contributed by atoms with Gasteiger partial charge in [0.2, 0.25) is 5.91 Å². The molecule has 0 radical (unpaired) electrons. The van der Waals surface area contributed by atoms with Crippen LogP contribution in [0, 0.1) is 5.92 Å². The molecule has 1 rings (SSSR count). The number of thioether (sulfide) groups is 1. The van der Waals surface area contributed by atoms with Crippen molar-refractivity contribution in [2.24, 2.45) is 5.92 Å². The molecule has 0 aliphatic heterocycles. The van der Waals surface area contributed by atoms with Crippen molar-refractivity contribution < 1.29 is 4.79 Å². The van der Waals surface area contributed by atoms with Gasteiger partial charge in [-0.05, 0) is 25.0 Å². The SMILES string of the molecule is CC(C)CNC(=O)C(C)Sc1c(N)cccc1Cl. The Hall–Kier alpha value is -0.870. The molecule has 5 heteroatoms. The zero-order valence-electron chi connectivity index (χ0n) is 10.9. The van der Waals surface area contributed by atoms with Crippen LogP contribution >= 0.6 is 23.4 Å². The van der Waals surface area contributed by atoms with Gasteiger partial charge in [-0.15, -0.1) is 11.8 Å². The van der Waals surface area contributed by atoms with Gasteiger partial charge in [0.05, 0.1) is 10.3 Å². The smallest absolute Gasteiger partial charge is 0.233 e. The van der Waals surface area contributed by atoms with E-state index in [1.807, 2.05) is 6.92 Å². The van der Waals surface area contributed by atoms with E-state index in [1.165, 1.54) is 11.8 Å². The molecule has 3 nitrogen and oxygen atoms in total. The molecule has 0 heterocycles. The number of hydrogen-bond acceptors (Lipinski definition) is 3. The largest absolute Gasteiger partial charge is 0.398 e. The molecule has 1 atom stereocenters. The average molecular weight is 287 g/mol. The van der Waals surface area contributed by atoms with Crippen molar-refractivity contribution in [3.8, 4) is 0 Å². The summed E-state index contributed by atoms with van der Waals surface area (Å²) in [4.78, 5) is 12.6. The highest BCUT2D eigenvalue weighted by Gasteiger charge is 2.17. The summed E-state index contributed by atoms with van der Waals surface area (Å²) >= 11 is 7.46. The highest BCUT2D eigenvalue weighted by atomic mass is 35.5. The molecule has 3 N–H and O–H groups in total. The summed E-state index contributed by atoms with van der Waals surface area (Å²) in [6.07, 6.45) is 0. The van der Waals surface area contributed by atoms with Gasteiger partial charge in [-0.2, -0.15) is 0 Å². The van der Waals surface area contributed by atoms with E-state index >= 15 is 0 Å². The first kappa shape index (κ1) is 15.2. The van der Waals surface area contributed by atoms with Gasteiger partial charge in [-0.3, -0.25) is 4.79 Å². The summed E-state index contributed by atoms with van der Waals surface area (Å²) in [6.45, 7) is 6.65. The second kappa shape index (κ2) is 6.90. The van der Waals surface area contributed by atoms with Gasteiger partial charge in [0, 0.05) is 17.1 Å². The Morgan fingerprint density at radius 3 is 2.67 bits per heavy atom. The van der Waals surface area contributed by atoms with E-state index in [-0.39, 0.29) is 11.2 Å². The molecule has 0 aliphatic rings. The van der Waals surface area contributed by atoms with E-state index in [4.69, 9.17) is 17.3 Å². The van der Waals surface area contributed by atoms with E-state index in [2.05, 4.69) is 19.2 Å². The molecule has 1 aromatic carbocycles. The van der Waals surface area contributed by atoms with Gasteiger partial charge in [0.15, 0.2) is 0 Å². The second-order valence-corrected chi connectivity index (χ2v) is 6.32. The van der Waals surface area contributed by atoms with Crippen LogP contribution in [-0.4, -0.2) is 17.7 Å². The van der Waals surface area contributed by atoms with Crippen molar-refractivity contribution in [2.45, 2.75) is 30.9 Å². The Balaban J connectivity index is 2.64. The van der Waals surface area contributed by atoms with Gasteiger partial charge < -0.3 is 11.1 Å². The summed E-state index contributed by atoms with van der Waals surface area (Å²) in [5, 5.41) is 3.27. The molecule has 0 aromatic heterocycles. The van der Waals surface area contributed by atoms with Crippen LogP contribution in [0.15, 0.2) is 23.1 Å². The second-order valence-electron chi connectivity index (χ2n) is 4.56. The number of nitrogens with two attached hydrogens (primary N) is 1. The maximum absolute atomic E-state index is 11.9. The number of amides is 1. The van der Waals surface area contributed by atoms with Crippen LogP contribution < -0.4 is 11.1 Å². The lowest BCUT2D eigenvalue weighted by molar-refractivity contribution is -0.120. The van der Waals surface area contributed by atoms with Crippen LogP contribution in [0.25, 0.3) is 0 Å². The monoisotopic (exact) mass is 286 g/mol. The number of nitrogen functional groups attached to an aromatic ring is 1. The molecular formula is C13H19ClN2OS. The van der Waals surface area contributed by atoms with Crippen LogP contribution in [0.5, 0.6) is 0 Å². The minimum atomic E-state index is -0.217. The molecule has 1 amide bonds. The lowest BCUT2D eigenvalue weighted by atomic mass is 10.2. The number of rotatable bonds is 5. The number of anilines is 1. The highest BCUT2D eigenvalue weighted by Crippen LogP contribution is 2.35. The predicted molar refractivity (Wildman–Crippen MR) is 79.0 cm³/mol. The first-order chi connectivity index (χ1) is 8.41. The fraction of sp³-hybridized carbons (Fsp3) is 0.462. The fourth-order valence-corrected chi connectivity index (χ4v) is 2.57. The zero-order valence-corrected chi connectivity index (χ0v) is 12.4. The Labute approximate surface area is 117 Å². The highest BCUT2D eigenvalue weighted by molar-refractivity contribution is 8.00. The van der Waals surface area contributed by atoms with Crippen LogP contribution in [0.4, 0.5) is 5.69 Å². The van der Waals surface area contributed by atoms with Crippen molar-refractivity contribution in [1.82, 2.24) is 5.32 Å². The predicted octanol–water partition coefficient (Wildman–Crippen LogP) is 3.18. The Kier molecular flexibility index (Phi) is 5.82. The summed E-state index contributed by atoms with van der Waals surface area (Å²) in [7, 11) is 0. The quantitative estimate of drug-likeness (QED) is 0.646. The number of benzene rings is 1. The summed E-state index contributed by atoms with van der Waals surface area (Å²) in [5.74, 6) is 0.449. The van der Waals surface area contributed by atoms with E-state index < -0.39 is 0 Å². The molecule has 0 bridgehead atoms. The molecule has 0 saturated carbocycles. The average Bonchev–Trinajstić information content (AvgIpc) is 2.30. The van der Waals surface area contributed by atoms with Crippen molar-refractivity contribution in [2.75, 3.05) is 12.3 Å². The van der Waals surface area contributed by atoms with Crippen LogP contribution in [-0.2, 0) is 4.79 Å². The standard InChI is InChI=1S/C13H19ClN2OS/c1-8(2)7-16-13(17)9(3)18-12-10(14)5-4-6-11(12)15/h4-6,8-9H,7,15H2,1-3H3,(H,16,17). The summed E-state index contributed by atoms with van der Waals surface area (Å²) in [6, 6.07) is 5.36. The molecule has 1 unspecified atom stereocenters. The molecule has 0 aliphatic carbocycles. The summed E-state index contributed by atoms with van der Waals surface area (Å²) in [5.41, 5.74) is 6.46. The third kappa shape index (κ3) is 4.42. The van der Waals surface area contributed by atoms with E-state index in [0.29, 0.717) is 23.2 Å². The molecule has 1 aromatic rings. The number of halogens is 1.